The van der Waals surface area contributed by atoms with E-state index in [9.17, 15) is 14.9 Å². The maximum Gasteiger partial charge on any atom is 0.482 e. The van der Waals surface area contributed by atoms with E-state index in [0.29, 0.717) is 23.8 Å². The van der Waals surface area contributed by atoms with Gasteiger partial charge in [-0.25, -0.2) is 0 Å². The molecule has 2 bridgehead atoms. The first kappa shape index (κ1) is 30.0. The highest BCUT2D eigenvalue weighted by Gasteiger charge is 2.68. The number of nitrogens with one attached hydrogen (secondary N) is 1. The normalized spacial score (nSPS) is 26.4. The molecule has 4 fully saturated rings. The maximum atomic E-state index is 13.1. The zero-order valence-electron chi connectivity index (χ0n) is 25.1. The fraction of sp³-hybridized carbons (Fsp3) is 0.485. The summed E-state index contributed by atoms with van der Waals surface area (Å²) in [5.41, 5.74) is 2.55. The molecule has 3 aliphatic carbocycles. The summed E-state index contributed by atoms with van der Waals surface area (Å²) < 4.78 is 19.0. The summed E-state index contributed by atoms with van der Waals surface area (Å²) in [5, 5.41) is 12.5. The van der Waals surface area contributed by atoms with Gasteiger partial charge < -0.3 is 24.3 Å². The first-order chi connectivity index (χ1) is 20.0. The molecule has 1 heterocycles. The lowest BCUT2D eigenvalue weighted by molar-refractivity contribution is -0.199. The highest BCUT2D eigenvalue weighted by Crippen LogP contribution is 2.65. The van der Waals surface area contributed by atoms with Crippen LogP contribution in [-0.4, -0.2) is 62.2 Å². The van der Waals surface area contributed by atoms with Crippen molar-refractivity contribution in [3.63, 3.8) is 0 Å². The smallest absolute Gasteiger partial charge is 0.404 e. The minimum absolute atomic E-state index is 0.0293. The predicted molar refractivity (Wildman–Crippen MR) is 161 cm³/mol. The van der Waals surface area contributed by atoms with E-state index in [-0.39, 0.29) is 53.7 Å². The average molecular weight is 570 g/mol. The lowest BCUT2D eigenvalue weighted by atomic mass is 9.43. The molecule has 0 aromatic heterocycles. The minimum Gasteiger partial charge on any atom is -0.404 e. The quantitative estimate of drug-likeness (QED) is 0.262. The van der Waals surface area contributed by atoms with Crippen molar-refractivity contribution in [2.75, 3.05) is 20.7 Å². The molecular weight excluding hydrogens is 529 g/mol. The SMILES string of the molecule is CN(C)C(=O)C(C#N)=Cc1cccc(COCC(=O)NC(Cc2ccccc2)B2O[C@@H]3C[C@@H]4C[C@@H](C4(C)C)[C@]3(C)O2)c1. The Balaban J connectivity index is 1.21. The van der Waals surface area contributed by atoms with Crippen LogP contribution in [0.25, 0.3) is 6.08 Å². The van der Waals surface area contributed by atoms with Gasteiger partial charge in [-0.1, -0.05) is 62.4 Å². The standard InChI is InChI=1S/C33H40BN3O5/c1-32(2)26-17-27(32)33(3)28(18-26)41-34(42-33)29(16-22-10-7-6-8-11-22)36-30(38)21-40-20-24-13-9-12-23(14-24)15-25(19-35)31(39)37(4)5/h6-15,26-29H,16-18,20-21H2,1-5H3,(H,36,38)/t26-,27-,28+,29?,33-/m0/s1. The third kappa shape index (κ3) is 6.03. The van der Waals surface area contributed by atoms with Gasteiger partial charge in [0.05, 0.1) is 24.3 Å². The summed E-state index contributed by atoms with van der Waals surface area (Å²) in [6.07, 6.45) is 4.32. The second-order valence-electron chi connectivity index (χ2n) is 12.8. The lowest BCUT2D eigenvalue weighted by Crippen LogP contribution is -2.65. The van der Waals surface area contributed by atoms with Gasteiger partial charge in [-0.15, -0.1) is 0 Å². The van der Waals surface area contributed by atoms with Gasteiger partial charge in [0.25, 0.3) is 5.91 Å². The lowest BCUT2D eigenvalue weighted by Gasteiger charge is -2.64. The Kier molecular flexibility index (Phi) is 8.61. The van der Waals surface area contributed by atoms with Crippen molar-refractivity contribution in [2.45, 2.75) is 64.3 Å². The molecule has 4 aliphatic rings. The number of hydrogen-bond donors (Lipinski definition) is 1. The van der Waals surface area contributed by atoms with Gasteiger partial charge in [0.1, 0.15) is 18.2 Å². The van der Waals surface area contributed by atoms with Crippen molar-refractivity contribution >= 4 is 25.0 Å². The number of ether oxygens (including phenoxy) is 1. The molecular formula is C33H40BN3O5. The van der Waals surface area contributed by atoms with Crippen molar-refractivity contribution in [2.24, 2.45) is 17.3 Å². The van der Waals surface area contributed by atoms with Gasteiger partial charge in [-0.05, 0) is 72.3 Å². The van der Waals surface area contributed by atoms with Gasteiger partial charge in [0.15, 0.2) is 0 Å². The van der Waals surface area contributed by atoms with Crippen molar-refractivity contribution in [3.8, 4) is 6.07 Å². The van der Waals surface area contributed by atoms with Gasteiger partial charge in [0.2, 0.25) is 5.91 Å². The second-order valence-corrected chi connectivity index (χ2v) is 12.8. The molecule has 0 radical (unpaired) electrons. The van der Waals surface area contributed by atoms with Crippen molar-refractivity contribution in [1.82, 2.24) is 10.2 Å². The monoisotopic (exact) mass is 569 g/mol. The number of nitrogens with zero attached hydrogens (tertiary/aromatic N) is 2. The van der Waals surface area contributed by atoms with Crippen LogP contribution in [0.5, 0.6) is 0 Å². The summed E-state index contributed by atoms with van der Waals surface area (Å²) in [4.78, 5) is 26.7. The van der Waals surface area contributed by atoms with Gasteiger partial charge >= 0.3 is 7.12 Å². The number of carbonyl (C=O) groups is 2. The molecule has 8 nitrogen and oxygen atoms in total. The Hall–Kier alpha value is -3.45. The number of benzene rings is 2. The van der Waals surface area contributed by atoms with Gasteiger partial charge in [0, 0.05) is 14.1 Å². The van der Waals surface area contributed by atoms with Crippen molar-refractivity contribution in [3.05, 3.63) is 76.9 Å². The largest absolute Gasteiger partial charge is 0.482 e. The Morgan fingerprint density at radius 2 is 1.88 bits per heavy atom. The molecule has 2 aromatic carbocycles. The molecule has 1 aliphatic heterocycles. The Morgan fingerprint density at radius 3 is 2.57 bits per heavy atom. The molecule has 1 N–H and O–H groups in total. The number of rotatable bonds is 10. The molecule has 42 heavy (non-hydrogen) atoms. The zero-order chi connectivity index (χ0) is 30.1. The number of likely N-dealkylation sites (N-methyl/N-ethyl adjacent to an activating group) is 1. The van der Waals surface area contributed by atoms with Crippen LogP contribution >= 0.6 is 0 Å². The highest BCUT2D eigenvalue weighted by atomic mass is 16.7. The Morgan fingerprint density at radius 1 is 1.14 bits per heavy atom. The van der Waals surface area contributed by atoms with Crippen LogP contribution in [0.15, 0.2) is 60.2 Å². The molecule has 220 valence electrons. The van der Waals surface area contributed by atoms with E-state index in [0.717, 1.165) is 17.5 Å². The number of nitriles is 1. The number of amides is 2. The molecule has 9 heteroatoms. The summed E-state index contributed by atoms with van der Waals surface area (Å²) in [7, 11) is 2.67. The Bertz CT molecular complexity index is 1390. The molecule has 2 amide bonds. The third-order valence-electron chi connectivity index (χ3n) is 9.46. The van der Waals surface area contributed by atoms with Gasteiger partial charge in [-0.2, -0.15) is 5.26 Å². The summed E-state index contributed by atoms with van der Waals surface area (Å²) in [5.74, 6) is 0.119. The van der Waals surface area contributed by atoms with Crippen molar-refractivity contribution in [1.29, 1.82) is 5.26 Å². The van der Waals surface area contributed by atoms with Crippen molar-refractivity contribution < 1.29 is 23.6 Å². The highest BCUT2D eigenvalue weighted by molar-refractivity contribution is 6.48. The van der Waals surface area contributed by atoms with E-state index in [1.807, 2.05) is 60.7 Å². The summed E-state index contributed by atoms with van der Waals surface area (Å²) in [6.45, 7) is 6.93. The molecule has 2 aromatic rings. The summed E-state index contributed by atoms with van der Waals surface area (Å²) >= 11 is 0. The van der Waals surface area contributed by atoms with E-state index in [1.54, 1.807) is 20.2 Å². The van der Waals surface area contributed by atoms with Crippen LogP contribution in [-0.2, 0) is 36.7 Å². The molecule has 0 spiro atoms. The average Bonchev–Trinajstić information content (AvgIpc) is 3.33. The topological polar surface area (TPSA) is 101 Å². The fourth-order valence-electron chi connectivity index (χ4n) is 6.99. The third-order valence-corrected chi connectivity index (χ3v) is 9.46. The molecule has 3 saturated carbocycles. The minimum atomic E-state index is -0.540. The van der Waals surface area contributed by atoms with E-state index in [4.69, 9.17) is 14.0 Å². The van der Waals surface area contributed by atoms with E-state index >= 15 is 0 Å². The maximum absolute atomic E-state index is 13.1. The number of carbonyl (C=O) groups excluding carboxylic acids is 2. The van der Waals surface area contributed by atoms with Crippen LogP contribution in [0, 0.1) is 28.6 Å². The Labute approximate surface area is 249 Å². The van der Waals surface area contributed by atoms with Crippen LogP contribution in [0.1, 0.15) is 50.3 Å². The van der Waals surface area contributed by atoms with E-state index in [2.05, 4.69) is 26.1 Å². The van der Waals surface area contributed by atoms with E-state index < -0.39 is 7.12 Å². The predicted octanol–water partition coefficient (Wildman–Crippen LogP) is 4.19. The summed E-state index contributed by atoms with van der Waals surface area (Å²) in [6, 6.07) is 19.4. The second kappa shape index (κ2) is 12.0. The molecule has 5 atom stereocenters. The van der Waals surface area contributed by atoms with Crippen LogP contribution in [0.4, 0.5) is 0 Å². The van der Waals surface area contributed by atoms with Crippen LogP contribution in [0.2, 0.25) is 0 Å². The fourth-order valence-corrected chi connectivity index (χ4v) is 6.99. The molecule has 1 unspecified atom stereocenters. The van der Waals surface area contributed by atoms with Gasteiger partial charge in [-0.3, -0.25) is 9.59 Å². The first-order valence-corrected chi connectivity index (χ1v) is 14.7. The zero-order valence-corrected chi connectivity index (χ0v) is 25.1. The number of hydrogen-bond acceptors (Lipinski definition) is 6. The molecule has 6 rings (SSSR count). The first-order valence-electron chi connectivity index (χ1n) is 14.7. The van der Waals surface area contributed by atoms with Crippen LogP contribution < -0.4 is 5.32 Å². The molecule has 1 saturated heterocycles. The van der Waals surface area contributed by atoms with Crippen LogP contribution in [0.3, 0.4) is 0 Å². The van der Waals surface area contributed by atoms with E-state index in [1.165, 1.54) is 11.3 Å².